The van der Waals surface area contributed by atoms with Gasteiger partial charge in [-0.15, -0.1) is 0 Å². The Hall–Kier alpha value is -0.940. The van der Waals surface area contributed by atoms with Crippen LogP contribution in [0.15, 0.2) is 34.2 Å². The molecule has 82 valence electrons. The molecule has 0 N–H and O–H groups in total. The quantitative estimate of drug-likeness (QED) is 0.621. The van der Waals surface area contributed by atoms with E-state index in [1.54, 1.807) is 11.8 Å². The molecule has 1 aliphatic rings. The Morgan fingerprint density at radius 1 is 1.50 bits per heavy atom. The molecule has 3 nitrogen and oxygen atoms in total. The third-order valence-electron chi connectivity index (χ3n) is 2.78. The number of thiol groups is 1. The van der Waals surface area contributed by atoms with Crippen LogP contribution >= 0.6 is 24.4 Å². The summed E-state index contributed by atoms with van der Waals surface area (Å²) in [6, 6.07) is 7.96. The van der Waals surface area contributed by atoms with Gasteiger partial charge in [0, 0.05) is 11.5 Å². The summed E-state index contributed by atoms with van der Waals surface area (Å²) in [6.07, 6.45) is 0. The van der Waals surface area contributed by atoms with Crippen LogP contribution in [0.3, 0.4) is 0 Å². The van der Waals surface area contributed by atoms with Gasteiger partial charge in [-0.25, -0.2) is 0 Å². The second-order valence-corrected chi connectivity index (χ2v) is 5.09. The van der Waals surface area contributed by atoms with E-state index in [2.05, 4.69) is 22.2 Å². The van der Waals surface area contributed by atoms with Gasteiger partial charge in [-0.1, -0.05) is 23.9 Å². The SMILES string of the molecule is O=c1nc2n(c3ccccc13)[C@H](CS)CS2. The van der Waals surface area contributed by atoms with Gasteiger partial charge in [0.2, 0.25) is 0 Å². The molecule has 0 bridgehead atoms. The van der Waals surface area contributed by atoms with E-state index in [1.165, 1.54) is 0 Å². The Morgan fingerprint density at radius 2 is 2.31 bits per heavy atom. The number of hydrogen-bond donors (Lipinski definition) is 1. The van der Waals surface area contributed by atoms with Crippen molar-refractivity contribution in [1.82, 2.24) is 9.55 Å². The van der Waals surface area contributed by atoms with Crippen LogP contribution in [0.1, 0.15) is 6.04 Å². The molecule has 0 amide bonds. The summed E-state index contributed by atoms with van der Waals surface area (Å²) >= 11 is 5.98. The molecule has 0 unspecified atom stereocenters. The third-order valence-corrected chi connectivity index (χ3v) is 4.30. The number of benzene rings is 1. The minimum absolute atomic E-state index is 0.130. The van der Waals surface area contributed by atoms with E-state index in [0.29, 0.717) is 11.4 Å². The first-order chi connectivity index (χ1) is 7.81. The van der Waals surface area contributed by atoms with Gasteiger partial charge in [-0.05, 0) is 12.1 Å². The molecule has 0 saturated carbocycles. The van der Waals surface area contributed by atoms with Gasteiger partial charge in [-0.2, -0.15) is 17.6 Å². The van der Waals surface area contributed by atoms with Crippen LogP contribution in [-0.4, -0.2) is 21.1 Å². The first-order valence-corrected chi connectivity index (χ1v) is 6.68. The Balaban J connectivity index is 2.42. The Labute approximate surface area is 102 Å². The zero-order valence-electron chi connectivity index (χ0n) is 8.46. The summed E-state index contributed by atoms with van der Waals surface area (Å²) in [5.74, 6) is 1.72. The summed E-state index contributed by atoms with van der Waals surface area (Å²) in [7, 11) is 0. The number of rotatable bonds is 1. The van der Waals surface area contributed by atoms with Crippen LogP contribution in [0.25, 0.3) is 10.9 Å². The molecule has 0 saturated heterocycles. The third kappa shape index (κ3) is 1.38. The van der Waals surface area contributed by atoms with Gasteiger partial charge in [-0.3, -0.25) is 4.79 Å². The molecule has 2 heterocycles. The lowest BCUT2D eigenvalue weighted by molar-refractivity contribution is 0.593. The smallest absolute Gasteiger partial charge is 0.281 e. The summed E-state index contributed by atoms with van der Waals surface area (Å²) < 4.78 is 2.13. The molecule has 1 aromatic carbocycles. The highest BCUT2D eigenvalue weighted by Gasteiger charge is 2.24. The predicted octanol–water partition coefficient (Wildman–Crippen LogP) is 1.97. The lowest BCUT2D eigenvalue weighted by Crippen LogP contribution is -2.16. The second-order valence-electron chi connectivity index (χ2n) is 3.73. The lowest BCUT2D eigenvalue weighted by atomic mass is 10.2. The zero-order valence-corrected chi connectivity index (χ0v) is 10.2. The van der Waals surface area contributed by atoms with Crippen molar-refractivity contribution in [2.24, 2.45) is 0 Å². The van der Waals surface area contributed by atoms with Crippen LogP contribution in [0.5, 0.6) is 0 Å². The molecular formula is C11H10N2OS2. The molecule has 16 heavy (non-hydrogen) atoms. The average Bonchev–Trinajstić information content (AvgIpc) is 2.72. The number of fused-ring (bicyclic) bond motifs is 3. The fourth-order valence-electron chi connectivity index (χ4n) is 2.00. The van der Waals surface area contributed by atoms with E-state index >= 15 is 0 Å². The topological polar surface area (TPSA) is 34.9 Å². The fraction of sp³-hybridized carbons (Fsp3) is 0.273. The van der Waals surface area contributed by atoms with Crippen molar-refractivity contribution in [2.75, 3.05) is 11.5 Å². The van der Waals surface area contributed by atoms with Gasteiger partial charge < -0.3 is 4.57 Å². The molecular weight excluding hydrogens is 240 g/mol. The fourth-order valence-corrected chi connectivity index (χ4v) is 3.61. The molecule has 1 atom stereocenters. The van der Waals surface area contributed by atoms with Crippen molar-refractivity contribution in [2.45, 2.75) is 11.2 Å². The van der Waals surface area contributed by atoms with Gasteiger partial charge in [0.25, 0.3) is 5.56 Å². The van der Waals surface area contributed by atoms with Gasteiger partial charge in [0.1, 0.15) is 0 Å². The van der Waals surface area contributed by atoms with E-state index < -0.39 is 0 Å². The van der Waals surface area contributed by atoms with E-state index in [-0.39, 0.29) is 5.56 Å². The van der Waals surface area contributed by atoms with E-state index in [9.17, 15) is 4.79 Å². The van der Waals surface area contributed by atoms with Crippen LogP contribution < -0.4 is 5.56 Å². The lowest BCUT2D eigenvalue weighted by Gasteiger charge is -2.13. The highest BCUT2D eigenvalue weighted by atomic mass is 32.2. The standard InChI is InChI=1S/C11H10N2OS2/c14-10-8-3-1-2-4-9(8)13-7(5-15)6-16-11(13)12-10/h1-4,7,15H,5-6H2/t7-/m1/s1. The normalized spacial score (nSPS) is 18.9. The van der Waals surface area contributed by atoms with Gasteiger partial charge in [0.05, 0.1) is 16.9 Å². The largest absolute Gasteiger partial charge is 0.315 e. The maximum atomic E-state index is 11.8. The molecule has 0 radical (unpaired) electrons. The number of aromatic nitrogens is 2. The minimum atomic E-state index is -0.130. The predicted molar refractivity (Wildman–Crippen MR) is 69.6 cm³/mol. The Morgan fingerprint density at radius 3 is 3.12 bits per heavy atom. The summed E-state index contributed by atoms with van der Waals surface area (Å²) in [4.78, 5) is 15.9. The molecule has 5 heteroatoms. The van der Waals surface area contributed by atoms with E-state index in [0.717, 1.165) is 22.2 Å². The summed E-state index contributed by atoms with van der Waals surface area (Å²) in [5.41, 5.74) is 0.843. The first-order valence-electron chi connectivity index (χ1n) is 5.06. The molecule has 0 spiro atoms. The maximum Gasteiger partial charge on any atom is 0.281 e. The molecule has 0 fully saturated rings. The second kappa shape index (κ2) is 3.82. The van der Waals surface area contributed by atoms with Crippen LogP contribution in [0.4, 0.5) is 0 Å². The highest BCUT2D eigenvalue weighted by molar-refractivity contribution is 7.99. The number of thioether (sulfide) groups is 1. The monoisotopic (exact) mass is 250 g/mol. The van der Waals surface area contributed by atoms with Crippen LogP contribution in [0.2, 0.25) is 0 Å². The van der Waals surface area contributed by atoms with Crippen molar-refractivity contribution in [3.05, 3.63) is 34.6 Å². The Kier molecular flexibility index (Phi) is 2.44. The summed E-state index contributed by atoms with van der Waals surface area (Å²) in [5, 5.41) is 1.52. The number of nitrogens with zero attached hydrogens (tertiary/aromatic N) is 2. The van der Waals surface area contributed by atoms with Gasteiger partial charge >= 0.3 is 0 Å². The van der Waals surface area contributed by atoms with Crippen LogP contribution in [0, 0.1) is 0 Å². The zero-order chi connectivity index (χ0) is 11.1. The minimum Gasteiger partial charge on any atom is -0.315 e. The van der Waals surface area contributed by atoms with Crippen molar-refractivity contribution < 1.29 is 0 Å². The first kappa shape index (κ1) is 10.2. The molecule has 2 aromatic rings. The van der Waals surface area contributed by atoms with Crippen LogP contribution in [-0.2, 0) is 0 Å². The van der Waals surface area contributed by atoms with Gasteiger partial charge in [0.15, 0.2) is 5.16 Å². The summed E-state index contributed by atoms with van der Waals surface area (Å²) in [6.45, 7) is 0. The molecule has 0 aliphatic carbocycles. The number of hydrogen-bond acceptors (Lipinski definition) is 4. The average molecular weight is 250 g/mol. The van der Waals surface area contributed by atoms with Crippen molar-refractivity contribution in [3.8, 4) is 0 Å². The molecule has 1 aliphatic heterocycles. The molecule has 1 aromatic heterocycles. The molecule has 3 rings (SSSR count). The van der Waals surface area contributed by atoms with E-state index in [4.69, 9.17) is 0 Å². The highest BCUT2D eigenvalue weighted by Crippen LogP contribution is 2.34. The van der Waals surface area contributed by atoms with Crippen molar-refractivity contribution in [1.29, 1.82) is 0 Å². The van der Waals surface area contributed by atoms with E-state index in [1.807, 2.05) is 24.3 Å². The van der Waals surface area contributed by atoms with Crippen molar-refractivity contribution >= 4 is 35.3 Å². The maximum absolute atomic E-state index is 11.8. The van der Waals surface area contributed by atoms with Crippen molar-refractivity contribution in [3.63, 3.8) is 0 Å². The number of para-hydroxylation sites is 1. The Bertz CT molecular complexity index is 608.